The van der Waals surface area contributed by atoms with E-state index < -0.39 is 0 Å². The molecule has 6 nitrogen and oxygen atoms in total. The fraction of sp³-hybridized carbons (Fsp3) is 0.417. The molecule has 1 atom stereocenters. The van der Waals surface area contributed by atoms with E-state index in [1.54, 1.807) is 23.1 Å². The van der Waals surface area contributed by atoms with E-state index in [1.807, 2.05) is 13.8 Å². The van der Waals surface area contributed by atoms with Crippen LogP contribution in [0.25, 0.3) is 5.52 Å². The molecule has 0 saturated heterocycles. The number of nitrogens with one attached hydrogen (secondary N) is 1. The first-order valence-electron chi connectivity index (χ1n) is 5.82. The van der Waals surface area contributed by atoms with Crippen molar-refractivity contribution in [1.29, 1.82) is 0 Å². The van der Waals surface area contributed by atoms with Crippen LogP contribution in [-0.2, 0) is 0 Å². The summed E-state index contributed by atoms with van der Waals surface area (Å²) in [5.74, 6) is -0.0790. The minimum absolute atomic E-state index is 0.0825. The highest BCUT2D eigenvalue weighted by Gasteiger charge is 2.18. The molecule has 2 heterocycles. The molecular weight excluding hydrogens is 232 g/mol. The van der Waals surface area contributed by atoms with Gasteiger partial charge in [0, 0.05) is 12.4 Å². The lowest BCUT2D eigenvalue weighted by Gasteiger charge is -2.19. The molecule has 1 unspecified atom stereocenters. The molecule has 1 amide bonds. The molecule has 0 aliphatic carbocycles. The van der Waals surface area contributed by atoms with Crippen molar-refractivity contribution in [3.8, 4) is 0 Å². The average molecular weight is 248 g/mol. The summed E-state index contributed by atoms with van der Waals surface area (Å²) in [6.45, 7) is 3.80. The Kier molecular flexibility index (Phi) is 3.57. The molecule has 0 bridgehead atoms. The van der Waals surface area contributed by atoms with E-state index >= 15 is 0 Å². The second-order valence-corrected chi connectivity index (χ2v) is 4.47. The number of carbonyl (C=O) groups is 1. The van der Waals surface area contributed by atoms with Gasteiger partial charge in [-0.15, -0.1) is 0 Å². The molecule has 18 heavy (non-hydrogen) atoms. The van der Waals surface area contributed by atoms with Gasteiger partial charge < -0.3 is 10.4 Å². The van der Waals surface area contributed by atoms with Crippen molar-refractivity contribution in [2.45, 2.75) is 19.9 Å². The van der Waals surface area contributed by atoms with Crippen LogP contribution >= 0.6 is 0 Å². The van der Waals surface area contributed by atoms with Crippen LogP contribution in [0.3, 0.4) is 0 Å². The summed E-state index contributed by atoms with van der Waals surface area (Å²) in [5, 5.41) is 16.1. The van der Waals surface area contributed by atoms with Gasteiger partial charge in [-0.05, 0) is 5.92 Å². The molecule has 2 rings (SSSR count). The topological polar surface area (TPSA) is 79.5 Å². The van der Waals surface area contributed by atoms with Crippen molar-refractivity contribution < 1.29 is 9.90 Å². The van der Waals surface area contributed by atoms with Crippen molar-refractivity contribution in [2.24, 2.45) is 5.92 Å². The standard InChI is InChI=1S/C12H16N4O2/c1-8(2)10(7-17)15-12(18)9-5-14-16-4-3-13-6-11(9)16/h3-6,8,10,17H,7H2,1-2H3,(H,15,18). The van der Waals surface area contributed by atoms with Crippen molar-refractivity contribution in [3.05, 3.63) is 30.4 Å². The fourth-order valence-electron chi connectivity index (χ4n) is 1.68. The molecule has 0 fully saturated rings. The molecule has 0 radical (unpaired) electrons. The predicted molar refractivity (Wildman–Crippen MR) is 66.2 cm³/mol. The lowest BCUT2D eigenvalue weighted by Crippen LogP contribution is -2.41. The first-order chi connectivity index (χ1) is 8.63. The average Bonchev–Trinajstić information content (AvgIpc) is 2.79. The summed E-state index contributed by atoms with van der Waals surface area (Å²) in [5.41, 5.74) is 1.11. The Hall–Kier alpha value is -1.95. The van der Waals surface area contributed by atoms with Crippen molar-refractivity contribution in [3.63, 3.8) is 0 Å². The molecule has 0 spiro atoms. The van der Waals surface area contributed by atoms with Crippen LogP contribution in [0, 0.1) is 5.92 Å². The second kappa shape index (κ2) is 5.14. The van der Waals surface area contributed by atoms with Gasteiger partial charge in [-0.2, -0.15) is 5.10 Å². The molecule has 0 aromatic carbocycles. The number of amides is 1. The van der Waals surface area contributed by atoms with Gasteiger partial charge in [-0.3, -0.25) is 9.78 Å². The number of hydrogen-bond acceptors (Lipinski definition) is 4. The number of carbonyl (C=O) groups excluding carboxylic acids is 1. The summed E-state index contributed by atoms with van der Waals surface area (Å²) < 4.78 is 1.59. The van der Waals surface area contributed by atoms with Gasteiger partial charge in [0.1, 0.15) is 0 Å². The van der Waals surface area contributed by atoms with Crippen LogP contribution in [0.4, 0.5) is 0 Å². The van der Waals surface area contributed by atoms with Crippen molar-refractivity contribution >= 4 is 11.4 Å². The van der Waals surface area contributed by atoms with Gasteiger partial charge in [0.05, 0.1) is 36.1 Å². The number of aliphatic hydroxyl groups excluding tert-OH is 1. The van der Waals surface area contributed by atoms with Crippen LogP contribution < -0.4 is 5.32 Å². The SMILES string of the molecule is CC(C)C(CO)NC(=O)c1cnn2ccncc12. The highest BCUT2D eigenvalue weighted by atomic mass is 16.3. The Labute approximate surface area is 105 Å². The minimum Gasteiger partial charge on any atom is -0.394 e. The maximum Gasteiger partial charge on any atom is 0.255 e. The molecule has 2 aromatic heterocycles. The van der Waals surface area contributed by atoms with Gasteiger partial charge in [0.25, 0.3) is 5.91 Å². The zero-order valence-electron chi connectivity index (χ0n) is 10.4. The van der Waals surface area contributed by atoms with Crippen LogP contribution in [-0.4, -0.2) is 38.3 Å². The molecule has 2 aromatic rings. The maximum atomic E-state index is 12.1. The van der Waals surface area contributed by atoms with E-state index in [9.17, 15) is 9.90 Å². The first kappa shape index (κ1) is 12.5. The Morgan fingerprint density at radius 3 is 2.94 bits per heavy atom. The summed E-state index contributed by atoms with van der Waals surface area (Å²) in [6, 6.07) is -0.260. The smallest absolute Gasteiger partial charge is 0.255 e. The fourth-order valence-corrected chi connectivity index (χ4v) is 1.68. The molecule has 96 valence electrons. The van der Waals surface area contributed by atoms with Crippen LogP contribution in [0.1, 0.15) is 24.2 Å². The lowest BCUT2D eigenvalue weighted by molar-refractivity contribution is 0.0898. The highest BCUT2D eigenvalue weighted by Crippen LogP contribution is 2.10. The third-order valence-corrected chi connectivity index (χ3v) is 2.89. The van der Waals surface area contributed by atoms with Crippen LogP contribution in [0.5, 0.6) is 0 Å². The third kappa shape index (κ3) is 2.33. The van der Waals surface area contributed by atoms with Crippen LogP contribution in [0.15, 0.2) is 24.8 Å². The molecule has 0 aliphatic heterocycles. The minimum atomic E-state index is -0.260. The second-order valence-electron chi connectivity index (χ2n) is 4.47. The third-order valence-electron chi connectivity index (χ3n) is 2.89. The number of fused-ring (bicyclic) bond motifs is 1. The molecular formula is C12H16N4O2. The van der Waals surface area contributed by atoms with Gasteiger partial charge in [-0.25, -0.2) is 4.52 Å². The van der Waals surface area contributed by atoms with E-state index in [4.69, 9.17) is 0 Å². The lowest BCUT2D eigenvalue weighted by atomic mass is 10.1. The van der Waals surface area contributed by atoms with E-state index in [-0.39, 0.29) is 24.5 Å². The molecule has 0 saturated carbocycles. The van der Waals surface area contributed by atoms with E-state index in [0.717, 1.165) is 0 Å². The number of aromatic nitrogens is 3. The first-order valence-corrected chi connectivity index (χ1v) is 5.82. The Morgan fingerprint density at radius 2 is 2.28 bits per heavy atom. The van der Waals surface area contributed by atoms with Gasteiger partial charge in [-0.1, -0.05) is 13.8 Å². The van der Waals surface area contributed by atoms with Crippen LogP contribution in [0.2, 0.25) is 0 Å². The van der Waals surface area contributed by atoms with E-state index in [0.29, 0.717) is 11.1 Å². The molecule has 6 heteroatoms. The highest BCUT2D eigenvalue weighted by molar-refractivity contribution is 6.00. The summed E-state index contributed by atoms with van der Waals surface area (Å²) in [4.78, 5) is 16.1. The molecule has 0 aliphatic rings. The Bertz CT molecular complexity index is 550. The predicted octanol–water partition coefficient (Wildman–Crippen LogP) is 0.476. The zero-order chi connectivity index (χ0) is 13.1. The zero-order valence-corrected chi connectivity index (χ0v) is 10.4. The maximum absolute atomic E-state index is 12.1. The Balaban J connectivity index is 2.23. The van der Waals surface area contributed by atoms with E-state index in [2.05, 4.69) is 15.4 Å². The monoisotopic (exact) mass is 248 g/mol. The van der Waals surface area contributed by atoms with Crippen molar-refractivity contribution in [2.75, 3.05) is 6.61 Å². The van der Waals surface area contributed by atoms with Crippen molar-refractivity contribution in [1.82, 2.24) is 19.9 Å². The summed E-state index contributed by atoms with van der Waals surface area (Å²) >= 11 is 0. The normalized spacial score (nSPS) is 12.9. The number of nitrogens with zero attached hydrogens (tertiary/aromatic N) is 3. The Morgan fingerprint density at radius 1 is 1.50 bits per heavy atom. The molecule has 2 N–H and O–H groups in total. The van der Waals surface area contributed by atoms with Gasteiger partial charge >= 0.3 is 0 Å². The van der Waals surface area contributed by atoms with Gasteiger partial charge in [0.2, 0.25) is 0 Å². The summed E-state index contributed by atoms with van der Waals surface area (Å²) in [6.07, 6.45) is 6.37. The number of aliphatic hydroxyl groups is 1. The summed E-state index contributed by atoms with van der Waals surface area (Å²) in [7, 11) is 0. The number of hydrogen-bond donors (Lipinski definition) is 2. The quantitative estimate of drug-likeness (QED) is 0.824. The number of rotatable bonds is 4. The van der Waals surface area contributed by atoms with E-state index in [1.165, 1.54) is 6.20 Å². The van der Waals surface area contributed by atoms with Gasteiger partial charge in [0.15, 0.2) is 0 Å². The largest absolute Gasteiger partial charge is 0.394 e.